The molecule has 2 aliphatic heterocycles. The molecule has 0 radical (unpaired) electrons. The van der Waals surface area contributed by atoms with Crippen molar-refractivity contribution in [3.05, 3.63) is 48.0 Å². The smallest absolute Gasteiger partial charge is 0.227 e. The molecule has 0 saturated carbocycles. The zero-order chi connectivity index (χ0) is 16.7. The lowest BCUT2D eigenvalue weighted by Crippen LogP contribution is -2.49. The molecule has 0 bridgehead atoms. The highest BCUT2D eigenvalue weighted by Gasteiger charge is 2.41. The van der Waals surface area contributed by atoms with Crippen molar-refractivity contribution in [2.45, 2.75) is 25.3 Å². The van der Waals surface area contributed by atoms with E-state index in [1.165, 1.54) is 5.39 Å². The summed E-state index contributed by atoms with van der Waals surface area (Å²) in [6.45, 7) is 1.45. The van der Waals surface area contributed by atoms with E-state index in [9.17, 15) is 9.59 Å². The first-order valence-electron chi connectivity index (χ1n) is 8.63. The Balaban J connectivity index is 1.51. The maximum absolute atomic E-state index is 12.8. The van der Waals surface area contributed by atoms with Crippen molar-refractivity contribution in [2.75, 3.05) is 20.1 Å². The van der Waals surface area contributed by atoms with Crippen molar-refractivity contribution in [3.8, 4) is 0 Å². The zero-order valence-corrected chi connectivity index (χ0v) is 13.9. The fourth-order valence-electron chi connectivity index (χ4n) is 4.16. The van der Waals surface area contributed by atoms with Crippen molar-refractivity contribution < 1.29 is 9.59 Å². The lowest BCUT2D eigenvalue weighted by molar-refractivity contribution is -0.134. The van der Waals surface area contributed by atoms with E-state index in [-0.39, 0.29) is 17.9 Å². The predicted molar refractivity (Wildman–Crippen MR) is 93.5 cm³/mol. The molecule has 2 fully saturated rings. The van der Waals surface area contributed by atoms with Crippen LogP contribution in [0, 0.1) is 5.92 Å². The van der Waals surface area contributed by atoms with Gasteiger partial charge in [-0.15, -0.1) is 0 Å². The summed E-state index contributed by atoms with van der Waals surface area (Å²) in [7, 11) is 1.87. The van der Waals surface area contributed by atoms with Gasteiger partial charge in [0.2, 0.25) is 11.8 Å². The largest absolute Gasteiger partial charge is 0.341 e. The zero-order valence-electron chi connectivity index (χ0n) is 13.9. The number of amides is 2. The average molecular weight is 322 g/mol. The van der Waals surface area contributed by atoms with Gasteiger partial charge >= 0.3 is 0 Å². The number of rotatable bonds is 2. The second kappa shape index (κ2) is 5.93. The lowest BCUT2D eigenvalue weighted by Gasteiger charge is -2.37. The van der Waals surface area contributed by atoms with Crippen LogP contribution in [-0.4, -0.2) is 47.8 Å². The summed E-state index contributed by atoms with van der Waals surface area (Å²) in [4.78, 5) is 28.5. The number of likely N-dealkylation sites (N-methyl/N-ethyl adjacent to an activating group) is 1. The van der Waals surface area contributed by atoms with Gasteiger partial charge in [-0.25, -0.2) is 0 Å². The van der Waals surface area contributed by atoms with Gasteiger partial charge in [0.1, 0.15) is 0 Å². The molecular weight excluding hydrogens is 300 g/mol. The SMILES string of the molecule is CN1C(=O)C[C@H]2CCN(C(=O)Cc3cccc4ccccc34)C[C@H]21. The molecule has 2 aliphatic rings. The molecule has 4 nitrogen and oxygen atoms in total. The van der Waals surface area contributed by atoms with E-state index < -0.39 is 0 Å². The quantitative estimate of drug-likeness (QED) is 0.852. The Bertz CT molecular complexity index is 796. The predicted octanol–water partition coefficient (Wildman–Crippen LogP) is 2.46. The maximum Gasteiger partial charge on any atom is 0.227 e. The number of fused-ring (bicyclic) bond motifs is 2. The van der Waals surface area contributed by atoms with Gasteiger partial charge in [0.15, 0.2) is 0 Å². The lowest BCUT2D eigenvalue weighted by atomic mass is 9.91. The Morgan fingerprint density at radius 1 is 1.17 bits per heavy atom. The van der Waals surface area contributed by atoms with E-state index >= 15 is 0 Å². The molecule has 4 rings (SSSR count). The van der Waals surface area contributed by atoms with E-state index in [2.05, 4.69) is 18.2 Å². The number of nitrogens with zero attached hydrogens (tertiary/aromatic N) is 2. The monoisotopic (exact) mass is 322 g/mol. The van der Waals surface area contributed by atoms with Crippen LogP contribution in [0.15, 0.2) is 42.5 Å². The maximum atomic E-state index is 12.8. The fraction of sp³-hybridized carbons (Fsp3) is 0.400. The first kappa shape index (κ1) is 15.2. The number of hydrogen-bond donors (Lipinski definition) is 0. The van der Waals surface area contributed by atoms with Crippen LogP contribution < -0.4 is 0 Å². The highest BCUT2D eigenvalue weighted by Crippen LogP contribution is 2.31. The van der Waals surface area contributed by atoms with E-state index in [1.54, 1.807) is 0 Å². The number of hydrogen-bond acceptors (Lipinski definition) is 2. The Kier molecular flexibility index (Phi) is 3.75. The standard InChI is InChI=1S/C20H22N2O2/c1-21-18-13-22(10-9-16(18)12-19(21)23)20(24)11-15-7-4-6-14-5-2-3-8-17(14)15/h2-8,16,18H,9-13H2,1H3/t16-,18-/m1/s1. The second-order valence-corrected chi connectivity index (χ2v) is 6.98. The number of benzene rings is 2. The van der Waals surface area contributed by atoms with Gasteiger partial charge in [0, 0.05) is 26.6 Å². The molecule has 0 unspecified atom stereocenters. The summed E-state index contributed by atoms with van der Waals surface area (Å²) in [5.74, 6) is 0.801. The highest BCUT2D eigenvalue weighted by molar-refractivity contribution is 5.90. The molecule has 4 heteroatoms. The average Bonchev–Trinajstić information content (AvgIpc) is 2.89. The number of piperidine rings is 1. The van der Waals surface area contributed by atoms with E-state index in [4.69, 9.17) is 0 Å². The van der Waals surface area contributed by atoms with E-state index in [1.807, 2.05) is 41.1 Å². The Morgan fingerprint density at radius 2 is 1.96 bits per heavy atom. The Hall–Kier alpha value is -2.36. The molecular formula is C20H22N2O2. The summed E-state index contributed by atoms with van der Waals surface area (Å²) in [6.07, 6.45) is 2.00. The van der Waals surface area contributed by atoms with Gasteiger partial charge in [0.25, 0.3) is 0 Å². The van der Waals surface area contributed by atoms with Gasteiger partial charge in [-0.05, 0) is 28.7 Å². The highest BCUT2D eigenvalue weighted by atomic mass is 16.2. The minimum atomic E-state index is 0.164. The molecule has 2 aromatic carbocycles. The number of carbonyl (C=O) groups excluding carboxylic acids is 2. The van der Waals surface area contributed by atoms with Crippen LogP contribution in [0.3, 0.4) is 0 Å². The Labute approximate surface area is 142 Å². The van der Waals surface area contributed by atoms with Crippen LogP contribution in [0.1, 0.15) is 18.4 Å². The summed E-state index contributed by atoms with van der Waals surface area (Å²) in [5.41, 5.74) is 1.08. The van der Waals surface area contributed by atoms with Gasteiger partial charge in [-0.2, -0.15) is 0 Å². The van der Waals surface area contributed by atoms with Gasteiger partial charge in [-0.1, -0.05) is 42.5 Å². The minimum Gasteiger partial charge on any atom is -0.341 e. The second-order valence-electron chi connectivity index (χ2n) is 6.98. The molecule has 0 spiro atoms. The number of carbonyl (C=O) groups is 2. The third-order valence-electron chi connectivity index (χ3n) is 5.62. The van der Waals surface area contributed by atoms with Crippen LogP contribution in [-0.2, 0) is 16.0 Å². The summed E-state index contributed by atoms with van der Waals surface area (Å²) in [5, 5.41) is 2.32. The molecule has 124 valence electrons. The molecule has 2 amide bonds. The summed E-state index contributed by atoms with van der Waals surface area (Å²) < 4.78 is 0. The summed E-state index contributed by atoms with van der Waals surface area (Å²) in [6, 6.07) is 14.5. The molecule has 0 aliphatic carbocycles. The molecule has 24 heavy (non-hydrogen) atoms. The third-order valence-corrected chi connectivity index (χ3v) is 5.62. The fourth-order valence-corrected chi connectivity index (χ4v) is 4.16. The van der Waals surface area contributed by atoms with Gasteiger partial charge in [-0.3, -0.25) is 9.59 Å². The molecule has 0 N–H and O–H groups in total. The van der Waals surface area contributed by atoms with E-state index in [0.29, 0.717) is 25.3 Å². The minimum absolute atomic E-state index is 0.164. The van der Waals surface area contributed by atoms with Crippen LogP contribution >= 0.6 is 0 Å². The van der Waals surface area contributed by atoms with Crippen molar-refractivity contribution >= 4 is 22.6 Å². The first-order chi connectivity index (χ1) is 11.6. The summed E-state index contributed by atoms with van der Waals surface area (Å²) >= 11 is 0. The van der Waals surface area contributed by atoms with Gasteiger partial charge in [0.05, 0.1) is 12.5 Å². The number of likely N-dealkylation sites (tertiary alicyclic amines) is 2. The third kappa shape index (κ3) is 2.56. The van der Waals surface area contributed by atoms with Crippen LogP contribution in [0.2, 0.25) is 0 Å². The van der Waals surface area contributed by atoms with Crippen molar-refractivity contribution in [1.29, 1.82) is 0 Å². The normalized spacial score (nSPS) is 23.6. The van der Waals surface area contributed by atoms with Crippen molar-refractivity contribution in [3.63, 3.8) is 0 Å². The topological polar surface area (TPSA) is 40.6 Å². The van der Waals surface area contributed by atoms with Crippen molar-refractivity contribution in [2.24, 2.45) is 5.92 Å². The van der Waals surface area contributed by atoms with Crippen LogP contribution in [0.25, 0.3) is 10.8 Å². The molecule has 0 aromatic heterocycles. The first-order valence-corrected chi connectivity index (χ1v) is 8.63. The molecule has 2 heterocycles. The van der Waals surface area contributed by atoms with Crippen LogP contribution in [0.4, 0.5) is 0 Å². The molecule has 2 saturated heterocycles. The van der Waals surface area contributed by atoms with Crippen LogP contribution in [0.5, 0.6) is 0 Å². The molecule has 2 aromatic rings. The van der Waals surface area contributed by atoms with Crippen molar-refractivity contribution in [1.82, 2.24) is 9.80 Å². The molecule has 2 atom stereocenters. The van der Waals surface area contributed by atoms with E-state index in [0.717, 1.165) is 23.9 Å². The Morgan fingerprint density at radius 3 is 2.83 bits per heavy atom. The van der Waals surface area contributed by atoms with Gasteiger partial charge < -0.3 is 9.80 Å².